The van der Waals surface area contributed by atoms with Crippen molar-refractivity contribution in [3.63, 3.8) is 0 Å². The highest BCUT2D eigenvalue weighted by atomic mass is 32.1. The van der Waals surface area contributed by atoms with Crippen molar-refractivity contribution < 1.29 is 5.11 Å². The van der Waals surface area contributed by atoms with E-state index in [-0.39, 0.29) is 12.6 Å². The molecule has 0 aliphatic rings. The average molecular weight is 172 g/mol. The van der Waals surface area contributed by atoms with Gasteiger partial charge in [0.05, 0.1) is 5.00 Å². The molecule has 1 unspecified atom stereocenters. The van der Waals surface area contributed by atoms with Gasteiger partial charge in [-0.15, -0.1) is 11.3 Å². The number of hydrogen-bond donors (Lipinski definition) is 3. The Labute approximate surface area is 69.6 Å². The monoisotopic (exact) mass is 172 g/mol. The molecule has 4 heteroatoms. The first-order chi connectivity index (χ1) is 5.25. The van der Waals surface area contributed by atoms with Crippen molar-refractivity contribution in [2.75, 3.05) is 12.3 Å². The highest BCUT2D eigenvalue weighted by Crippen LogP contribution is 2.25. The van der Waals surface area contributed by atoms with Crippen LogP contribution >= 0.6 is 11.3 Å². The Kier molecular flexibility index (Phi) is 2.87. The second-order valence-electron chi connectivity index (χ2n) is 2.36. The standard InChI is InChI=1S/C7H12N2OS/c8-6(1-3-10)5-2-4-11-7(5)9/h2,4,6,10H,1,3,8-9H2. The smallest absolute Gasteiger partial charge is 0.0904 e. The molecule has 1 aromatic rings. The van der Waals surface area contributed by atoms with Crippen molar-refractivity contribution in [1.29, 1.82) is 0 Å². The molecule has 0 bridgehead atoms. The molecular formula is C7H12N2OS. The van der Waals surface area contributed by atoms with Crippen LogP contribution in [0, 0.1) is 0 Å². The summed E-state index contributed by atoms with van der Waals surface area (Å²) in [5, 5.41) is 11.3. The molecule has 3 nitrogen and oxygen atoms in total. The largest absolute Gasteiger partial charge is 0.396 e. The number of anilines is 1. The van der Waals surface area contributed by atoms with Gasteiger partial charge in [-0.2, -0.15) is 0 Å². The molecule has 0 fully saturated rings. The van der Waals surface area contributed by atoms with E-state index < -0.39 is 0 Å². The van der Waals surface area contributed by atoms with Crippen LogP contribution in [0.4, 0.5) is 5.00 Å². The second kappa shape index (κ2) is 3.71. The van der Waals surface area contributed by atoms with E-state index in [9.17, 15) is 0 Å². The molecule has 0 aliphatic heterocycles. The van der Waals surface area contributed by atoms with Gasteiger partial charge in [0.1, 0.15) is 0 Å². The van der Waals surface area contributed by atoms with Gasteiger partial charge in [0.25, 0.3) is 0 Å². The number of rotatable bonds is 3. The number of hydrogen-bond acceptors (Lipinski definition) is 4. The zero-order valence-electron chi connectivity index (χ0n) is 6.16. The van der Waals surface area contributed by atoms with Gasteiger partial charge in [-0.1, -0.05) is 0 Å². The van der Waals surface area contributed by atoms with E-state index in [2.05, 4.69) is 0 Å². The van der Waals surface area contributed by atoms with Gasteiger partial charge in [0, 0.05) is 18.2 Å². The van der Waals surface area contributed by atoms with E-state index in [0.29, 0.717) is 6.42 Å². The number of aliphatic hydroxyl groups is 1. The molecule has 0 saturated carbocycles. The molecule has 11 heavy (non-hydrogen) atoms. The molecule has 0 aliphatic carbocycles. The summed E-state index contributed by atoms with van der Waals surface area (Å²) in [5.74, 6) is 0. The first kappa shape index (κ1) is 8.52. The number of nitrogens with two attached hydrogens (primary N) is 2. The maximum atomic E-state index is 8.61. The van der Waals surface area contributed by atoms with Gasteiger partial charge in [-0.3, -0.25) is 0 Å². The molecule has 0 aromatic carbocycles. The topological polar surface area (TPSA) is 72.3 Å². The maximum absolute atomic E-state index is 8.61. The van der Waals surface area contributed by atoms with Crippen LogP contribution in [0.5, 0.6) is 0 Å². The predicted octanol–water partition coefficient (Wildman–Crippen LogP) is 0.713. The van der Waals surface area contributed by atoms with E-state index in [1.807, 2.05) is 11.4 Å². The molecular weight excluding hydrogens is 160 g/mol. The normalized spacial score (nSPS) is 13.3. The Balaban J connectivity index is 2.67. The van der Waals surface area contributed by atoms with Crippen molar-refractivity contribution >= 4 is 16.3 Å². The van der Waals surface area contributed by atoms with Gasteiger partial charge in [-0.05, 0) is 17.9 Å². The summed E-state index contributed by atoms with van der Waals surface area (Å²) in [5.41, 5.74) is 12.3. The van der Waals surface area contributed by atoms with Gasteiger partial charge < -0.3 is 16.6 Å². The summed E-state index contributed by atoms with van der Waals surface area (Å²) in [4.78, 5) is 0. The summed E-state index contributed by atoms with van der Waals surface area (Å²) < 4.78 is 0. The molecule has 5 N–H and O–H groups in total. The van der Waals surface area contributed by atoms with E-state index in [0.717, 1.165) is 10.6 Å². The molecule has 1 heterocycles. The summed E-state index contributed by atoms with van der Waals surface area (Å²) in [6.45, 7) is 0.108. The fraction of sp³-hybridized carbons (Fsp3) is 0.429. The van der Waals surface area contributed by atoms with Gasteiger partial charge in [0.2, 0.25) is 0 Å². The number of aliphatic hydroxyl groups excluding tert-OH is 1. The zero-order valence-corrected chi connectivity index (χ0v) is 6.97. The van der Waals surface area contributed by atoms with Crippen LogP contribution in [0.25, 0.3) is 0 Å². The molecule has 0 amide bonds. The maximum Gasteiger partial charge on any atom is 0.0904 e. The van der Waals surface area contributed by atoms with Gasteiger partial charge >= 0.3 is 0 Å². The van der Waals surface area contributed by atoms with Crippen molar-refractivity contribution in [1.82, 2.24) is 0 Å². The molecule has 1 rings (SSSR count). The molecule has 1 aromatic heterocycles. The first-order valence-electron chi connectivity index (χ1n) is 3.45. The van der Waals surface area contributed by atoms with E-state index in [1.54, 1.807) is 0 Å². The highest BCUT2D eigenvalue weighted by Gasteiger charge is 2.08. The van der Waals surface area contributed by atoms with Crippen molar-refractivity contribution in [2.45, 2.75) is 12.5 Å². The van der Waals surface area contributed by atoms with Crippen molar-refractivity contribution in [3.05, 3.63) is 17.0 Å². The fourth-order valence-electron chi connectivity index (χ4n) is 0.932. The highest BCUT2D eigenvalue weighted by molar-refractivity contribution is 7.14. The van der Waals surface area contributed by atoms with Crippen LogP contribution in [0.2, 0.25) is 0 Å². The third kappa shape index (κ3) is 1.92. The van der Waals surface area contributed by atoms with Crippen LogP contribution < -0.4 is 11.5 Å². The average Bonchev–Trinajstić information content (AvgIpc) is 2.36. The quantitative estimate of drug-likeness (QED) is 0.628. The third-order valence-corrected chi connectivity index (χ3v) is 2.33. The minimum Gasteiger partial charge on any atom is -0.396 e. The van der Waals surface area contributed by atoms with Crippen LogP contribution in [-0.4, -0.2) is 11.7 Å². The number of nitrogen functional groups attached to an aromatic ring is 1. The Morgan fingerprint density at radius 3 is 2.82 bits per heavy atom. The summed E-state index contributed by atoms with van der Waals surface area (Å²) in [6.07, 6.45) is 0.570. The minimum atomic E-state index is -0.119. The second-order valence-corrected chi connectivity index (χ2v) is 3.31. The Morgan fingerprint density at radius 1 is 1.64 bits per heavy atom. The fourth-order valence-corrected chi connectivity index (χ4v) is 1.65. The summed E-state index contributed by atoms with van der Waals surface area (Å²) in [7, 11) is 0. The lowest BCUT2D eigenvalue weighted by Gasteiger charge is -2.08. The van der Waals surface area contributed by atoms with Crippen molar-refractivity contribution in [3.8, 4) is 0 Å². The minimum absolute atomic E-state index is 0.108. The predicted molar refractivity (Wildman–Crippen MR) is 47.4 cm³/mol. The SMILES string of the molecule is Nc1sccc1C(N)CCO. The lowest BCUT2D eigenvalue weighted by molar-refractivity contribution is 0.277. The number of thiophene rings is 1. The molecule has 62 valence electrons. The van der Waals surface area contributed by atoms with Crippen LogP contribution in [0.3, 0.4) is 0 Å². The van der Waals surface area contributed by atoms with Crippen molar-refractivity contribution in [2.24, 2.45) is 5.73 Å². The lowest BCUT2D eigenvalue weighted by atomic mass is 10.1. The van der Waals surface area contributed by atoms with E-state index in [4.69, 9.17) is 16.6 Å². The van der Waals surface area contributed by atoms with Gasteiger partial charge in [0.15, 0.2) is 0 Å². The Hall–Kier alpha value is -0.580. The van der Waals surface area contributed by atoms with E-state index in [1.165, 1.54) is 11.3 Å². The summed E-state index contributed by atoms with van der Waals surface area (Å²) in [6, 6.07) is 1.78. The molecule has 1 atom stereocenters. The van der Waals surface area contributed by atoms with Crippen LogP contribution in [0.1, 0.15) is 18.0 Å². The zero-order chi connectivity index (χ0) is 8.27. The van der Waals surface area contributed by atoms with Crippen LogP contribution in [0.15, 0.2) is 11.4 Å². The van der Waals surface area contributed by atoms with Gasteiger partial charge in [-0.25, -0.2) is 0 Å². The summed E-state index contributed by atoms with van der Waals surface area (Å²) >= 11 is 1.47. The Bertz CT molecular complexity index is 224. The first-order valence-corrected chi connectivity index (χ1v) is 4.33. The molecule has 0 spiro atoms. The Morgan fingerprint density at radius 2 is 2.36 bits per heavy atom. The van der Waals surface area contributed by atoms with E-state index >= 15 is 0 Å². The molecule has 0 radical (unpaired) electrons. The third-order valence-electron chi connectivity index (χ3n) is 1.57. The molecule has 0 saturated heterocycles. The lowest BCUT2D eigenvalue weighted by Crippen LogP contribution is -2.12. The van der Waals surface area contributed by atoms with Crippen LogP contribution in [-0.2, 0) is 0 Å².